The number of benzene rings is 4. The number of halogens is 1. The second-order valence-corrected chi connectivity index (χ2v) is 7.12. The fourth-order valence-corrected chi connectivity index (χ4v) is 3.72. The molecule has 3 heteroatoms. The number of ether oxygens (including phenoxy) is 1. The molecule has 0 aliphatic carbocycles. The first kappa shape index (κ1) is 17.5. The molecule has 0 bridgehead atoms. The van der Waals surface area contributed by atoms with Gasteiger partial charge in [0.2, 0.25) is 0 Å². The lowest BCUT2D eigenvalue weighted by atomic mass is 9.91. The Kier molecular flexibility index (Phi) is 5.03. The van der Waals surface area contributed by atoms with Gasteiger partial charge in [0.25, 0.3) is 0 Å². The molecule has 0 heterocycles. The summed E-state index contributed by atoms with van der Waals surface area (Å²) in [6.07, 6.45) is 0. The van der Waals surface area contributed by atoms with Gasteiger partial charge in [0, 0.05) is 9.86 Å². The summed E-state index contributed by atoms with van der Waals surface area (Å²) in [5.74, 6) is -0.203. The van der Waals surface area contributed by atoms with Crippen LogP contribution in [0.3, 0.4) is 0 Å². The molecule has 0 aromatic heterocycles. The number of hydrogen-bond donors (Lipinski definition) is 0. The molecule has 0 atom stereocenters. The van der Waals surface area contributed by atoms with Crippen LogP contribution >= 0.6 is 15.9 Å². The predicted octanol–water partition coefficient (Wildman–Crippen LogP) is 6.34. The standard InChI is InChI=1S/C24H17BrO2/c25-21-15-16-22(20-14-8-7-13-19(20)21)27-24(26)23(17-9-3-1-4-10-17)18-11-5-2-6-12-18/h1-16,23H. The van der Waals surface area contributed by atoms with Gasteiger partial charge in [-0.15, -0.1) is 0 Å². The van der Waals surface area contributed by atoms with E-state index in [0.717, 1.165) is 26.4 Å². The Morgan fingerprint density at radius 1 is 0.667 bits per heavy atom. The topological polar surface area (TPSA) is 26.3 Å². The van der Waals surface area contributed by atoms with E-state index in [9.17, 15) is 4.79 Å². The van der Waals surface area contributed by atoms with E-state index in [1.807, 2.05) is 97.1 Å². The number of fused-ring (bicyclic) bond motifs is 1. The Bertz CT molecular complexity index is 1040. The molecule has 0 N–H and O–H groups in total. The number of hydrogen-bond acceptors (Lipinski definition) is 2. The fourth-order valence-electron chi connectivity index (χ4n) is 3.25. The van der Waals surface area contributed by atoms with Crippen LogP contribution in [-0.4, -0.2) is 5.97 Å². The summed E-state index contributed by atoms with van der Waals surface area (Å²) in [5, 5.41) is 1.92. The van der Waals surface area contributed by atoms with Gasteiger partial charge in [0.15, 0.2) is 0 Å². The minimum Gasteiger partial charge on any atom is -0.425 e. The molecule has 0 aliphatic heterocycles. The van der Waals surface area contributed by atoms with Crippen molar-refractivity contribution >= 4 is 32.7 Å². The Morgan fingerprint density at radius 2 is 1.19 bits per heavy atom. The second-order valence-electron chi connectivity index (χ2n) is 6.27. The summed E-state index contributed by atoms with van der Waals surface area (Å²) in [7, 11) is 0. The van der Waals surface area contributed by atoms with Crippen molar-refractivity contribution in [2.75, 3.05) is 0 Å². The van der Waals surface area contributed by atoms with Crippen LogP contribution in [0.25, 0.3) is 10.8 Å². The molecule has 4 rings (SSSR count). The van der Waals surface area contributed by atoms with E-state index in [4.69, 9.17) is 4.74 Å². The summed E-state index contributed by atoms with van der Waals surface area (Å²) >= 11 is 3.56. The van der Waals surface area contributed by atoms with Crippen molar-refractivity contribution < 1.29 is 9.53 Å². The molecule has 132 valence electrons. The first-order valence-electron chi connectivity index (χ1n) is 8.73. The van der Waals surface area contributed by atoms with Crippen LogP contribution in [0.2, 0.25) is 0 Å². The molecular weight excluding hydrogens is 400 g/mol. The lowest BCUT2D eigenvalue weighted by Gasteiger charge is -2.18. The number of carbonyl (C=O) groups excluding carboxylic acids is 1. The Morgan fingerprint density at radius 3 is 1.78 bits per heavy atom. The first-order chi connectivity index (χ1) is 13.2. The molecule has 0 fully saturated rings. The van der Waals surface area contributed by atoms with Gasteiger partial charge in [0.1, 0.15) is 11.7 Å². The molecule has 2 nitrogen and oxygen atoms in total. The third kappa shape index (κ3) is 3.64. The SMILES string of the molecule is O=C(Oc1ccc(Br)c2ccccc12)C(c1ccccc1)c1ccccc1. The molecule has 27 heavy (non-hydrogen) atoms. The third-order valence-electron chi connectivity index (χ3n) is 4.54. The lowest BCUT2D eigenvalue weighted by Crippen LogP contribution is -2.20. The van der Waals surface area contributed by atoms with E-state index < -0.39 is 5.92 Å². The van der Waals surface area contributed by atoms with Gasteiger partial charge in [-0.05, 0) is 28.6 Å². The van der Waals surface area contributed by atoms with E-state index in [2.05, 4.69) is 15.9 Å². The van der Waals surface area contributed by atoms with Crippen LogP contribution in [0.15, 0.2) is 102 Å². The molecule has 0 amide bonds. The summed E-state index contributed by atoms with van der Waals surface area (Å²) in [6.45, 7) is 0. The van der Waals surface area contributed by atoms with Crippen molar-refractivity contribution in [2.24, 2.45) is 0 Å². The molecule has 0 aliphatic rings. The highest BCUT2D eigenvalue weighted by Gasteiger charge is 2.25. The average Bonchev–Trinajstić information content (AvgIpc) is 2.72. The Hall–Kier alpha value is -2.91. The minimum absolute atomic E-state index is 0.292. The van der Waals surface area contributed by atoms with Crippen molar-refractivity contribution in [1.29, 1.82) is 0 Å². The van der Waals surface area contributed by atoms with E-state index >= 15 is 0 Å². The first-order valence-corrected chi connectivity index (χ1v) is 9.52. The van der Waals surface area contributed by atoms with Crippen LogP contribution in [0, 0.1) is 0 Å². The van der Waals surface area contributed by atoms with Crippen LogP contribution in [0.5, 0.6) is 5.75 Å². The van der Waals surface area contributed by atoms with Crippen LogP contribution in [-0.2, 0) is 4.79 Å². The van der Waals surface area contributed by atoms with Crippen LogP contribution < -0.4 is 4.74 Å². The summed E-state index contributed by atoms with van der Waals surface area (Å²) in [5.41, 5.74) is 1.82. The Labute approximate surface area is 166 Å². The normalized spacial score (nSPS) is 10.9. The predicted molar refractivity (Wildman–Crippen MR) is 112 cm³/mol. The van der Waals surface area contributed by atoms with Gasteiger partial charge in [-0.25, -0.2) is 0 Å². The van der Waals surface area contributed by atoms with E-state index in [1.54, 1.807) is 0 Å². The van der Waals surface area contributed by atoms with Crippen molar-refractivity contribution in [1.82, 2.24) is 0 Å². The highest BCUT2D eigenvalue weighted by atomic mass is 79.9. The number of carbonyl (C=O) groups is 1. The third-order valence-corrected chi connectivity index (χ3v) is 5.23. The van der Waals surface area contributed by atoms with Gasteiger partial charge in [-0.3, -0.25) is 4.79 Å². The van der Waals surface area contributed by atoms with Crippen molar-refractivity contribution in [3.8, 4) is 5.75 Å². The van der Waals surface area contributed by atoms with Crippen molar-refractivity contribution in [2.45, 2.75) is 5.92 Å². The van der Waals surface area contributed by atoms with Gasteiger partial charge in [-0.1, -0.05) is 101 Å². The zero-order valence-corrected chi connectivity index (χ0v) is 16.1. The zero-order valence-electron chi connectivity index (χ0n) is 14.5. The summed E-state index contributed by atoms with van der Waals surface area (Å²) in [4.78, 5) is 13.2. The number of rotatable bonds is 4. The quantitative estimate of drug-likeness (QED) is 0.286. The van der Waals surface area contributed by atoms with Crippen molar-refractivity contribution in [3.63, 3.8) is 0 Å². The van der Waals surface area contributed by atoms with Gasteiger partial charge in [0.05, 0.1) is 0 Å². The smallest absolute Gasteiger partial charge is 0.323 e. The van der Waals surface area contributed by atoms with Crippen LogP contribution in [0.4, 0.5) is 0 Å². The monoisotopic (exact) mass is 416 g/mol. The van der Waals surface area contributed by atoms with Gasteiger partial charge in [-0.2, -0.15) is 0 Å². The second kappa shape index (κ2) is 7.77. The van der Waals surface area contributed by atoms with Gasteiger partial charge >= 0.3 is 5.97 Å². The Balaban J connectivity index is 1.75. The molecule has 0 radical (unpaired) electrons. The molecule has 0 unspecified atom stereocenters. The lowest BCUT2D eigenvalue weighted by molar-refractivity contribution is -0.135. The molecule has 4 aromatic carbocycles. The fraction of sp³-hybridized carbons (Fsp3) is 0.0417. The molecular formula is C24H17BrO2. The van der Waals surface area contributed by atoms with Gasteiger partial charge < -0.3 is 4.74 Å². The van der Waals surface area contributed by atoms with Crippen molar-refractivity contribution in [3.05, 3.63) is 113 Å². The molecule has 0 saturated heterocycles. The summed E-state index contributed by atoms with van der Waals surface area (Å²) in [6, 6.07) is 31.1. The van der Waals surface area contributed by atoms with E-state index in [1.165, 1.54) is 0 Å². The minimum atomic E-state index is -0.477. The number of esters is 1. The van der Waals surface area contributed by atoms with Crippen LogP contribution in [0.1, 0.15) is 17.0 Å². The largest absolute Gasteiger partial charge is 0.425 e. The maximum atomic E-state index is 13.2. The highest BCUT2D eigenvalue weighted by Crippen LogP contribution is 2.33. The molecule has 4 aromatic rings. The summed E-state index contributed by atoms with van der Waals surface area (Å²) < 4.78 is 6.87. The van der Waals surface area contributed by atoms with E-state index in [-0.39, 0.29) is 5.97 Å². The maximum Gasteiger partial charge on any atom is 0.323 e. The highest BCUT2D eigenvalue weighted by molar-refractivity contribution is 9.10. The van der Waals surface area contributed by atoms with E-state index in [0.29, 0.717) is 5.75 Å². The average molecular weight is 417 g/mol. The molecule has 0 saturated carbocycles. The molecule has 0 spiro atoms. The zero-order chi connectivity index (χ0) is 18.6. The maximum absolute atomic E-state index is 13.2.